The number of nitrogens with zero attached hydrogens (tertiary/aromatic N) is 4. The molecule has 2 saturated heterocycles. The van der Waals surface area contributed by atoms with E-state index in [9.17, 15) is 24.5 Å². The summed E-state index contributed by atoms with van der Waals surface area (Å²) in [6.45, 7) is 0. The molecule has 0 aliphatic carbocycles. The Hall–Kier alpha value is -4.66. The number of anilines is 1. The summed E-state index contributed by atoms with van der Waals surface area (Å²) < 4.78 is 0. The normalized spacial score (nSPS) is 24.7. The van der Waals surface area contributed by atoms with Crippen LogP contribution in [0.1, 0.15) is 10.4 Å². The molecule has 0 aromatic heterocycles. The van der Waals surface area contributed by atoms with Crippen LogP contribution in [-0.2, 0) is 9.59 Å². The molecule has 3 aromatic carbocycles. The molecule has 172 valence electrons. The van der Waals surface area contributed by atoms with Gasteiger partial charge in [0, 0.05) is 23.9 Å². The second-order valence-corrected chi connectivity index (χ2v) is 8.73. The van der Waals surface area contributed by atoms with Gasteiger partial charge in [0.1, 0.15) is 6.04 Å². The number of nitro groups is 1. The molecule has 0 spiro atoms. The fourth-order valence-electron chi connectivity index (χ4n) is 5.35. The van der Waals surface area contributed by atoms with Crippen molar-refractivity contribution < 1.29 is 19.3 Å². The summed E-state index contributed by atoms with van der Waals surface area (Å²) in [5.74, 6) is -3.11. The van der Waals surface area contributed by atoms with Crippen LogP contribution in [0.4, 0.5) is 11.4 Å². The van der Waals surface area contributed by atoms with Crippen molar-refractivity contribution in [3.63, 3.8) is 0 Å². The van der Waals surface area contributed by atoms with Crippen LogP contribution in [0, 0.1) is 22.0 Å². The van der Waals surface area contributed by atoms with Crippen molar-refractivity contribution >= 4 is 46.0 Å². The first-order valence-corrected chi connectivity index (χ1v) is 11.1. The average molecular weight is 466 g/mol. The second kappa shape index (κ2) is 7.69. The van der Waals surface area contributed by atoms with Gasteiger partial charge in [0.2, 0.25) is 11.8 Å². The van der Waals surface area contributed by atoms with E-state index in [0.29, 0.717) is 5.69 Å². The van der Waals surface area contributed by atoms with E-state index in [1.54, 1.807) is 24.3 Å². The minimum Gasteiger partial charge on any atom is -0.292 e. The van der Waals surface area contributed by atoms with Crippen LogP contribution in [0.2, 0.25) is 0 Å². The molecule has 0 saturated carbocycles. The molecule has 0 radical (unpaired) electrons. The number of rotatable bonds is 4. The van der Waals surface area contributed by atoms with Crippen molar-refractivity contribution in [1.29, 1.82) is 0 Å². The van der Waals surface area contributed by atoms with Crippen LogP contribution in [0.25, 0.3) is 10.8 Å². The number of carbonyl (C=O) groups is 3. The van der Waals surface area contributed by atoms with Gasteiger partial charge in [0.05, 0.1) is 28.5 Å². The first-order chi connectivity index (χ1) is 17.0. The van der Waals surface area contributed by atoms with Gasteiger partial charge in [-0.25, -0.2) is 4.90 Å². The molecular formula is C26H18N4O5. The van der Waals surface area contributed by atoms with Crippen molar-refractivity contribution in [1.82, 2.24) is 5.01 Å². The van der Waals surface area contributed by atoms with Crippen molar-refractivity contribution in [2.24, 2.45) is 16.9 Å². The number of hydrazone groups is 1. The van der Waals surface area contributed by atoms with Gasteiger partial charge in [0.25, 0.3) is 5.69 Å². The maximum Gasteiger partial charge on any atom is 0.270 e. The van der Waals surface area contributed by atoms with E-state index in [0.717, 1.165) is 10.8 Å². The van der Waals surface area contributed by atoms with E-state index in [-0.39, 0.29) is 17.2 Å². The minimum absolute atomic E-state index is 0.0951. The number of allylic oxidation sites excluding steroid dienone is 1. The quantitative estimate of drug-likeness (QED) is 0.252. The number of benzene rings is 3. The Bertz CT molecular complexity index is 1500. The summed E-state index contributed by atoms with van der Waals surface area (Å²) in [7, 11) is 0. The number of imide groups is 1. The second-order valence-electron chi connectivity index (χ2n) is 8.73. The smallest absolute Gasteiger partial charge is 0.270 e. The molecule has 9 nitrogen and oxygen atoms in total. The first kappa shape index (κ1) is 20.9. The van der Waals surface area contributed by atoms with Gasteiger partial charge in [-0.15, -0.1) is 0 Å². The third-order valence-corrected chi connectivity index (χ3v) is 6.89. The maximum atomic E-state index is 13.7. The molecule has 3 aromatic rings. The molecule has 0 bridgehead atoms. The Morgan fingerprint density at radius 3 is 2.49 bits per heavy atom. The maximum absolute atomic E-state index is 13.7. The number of amides is 2. The van der Waals surface area contributed by atoms with Crippen LogP contribution in [0.5, 0.6) is 0 Å². The zero-order valence-corrected chi connectivity index (χ0v) is 18.2. The standard InChI is InChI=1S/C26H18N4O5/c31-24(17-7-3-8-19(14-17)30(34)35)23-22-21(20-9-4-12-27-29(20)23)25(32)28(26(22)33)18-11-10-15-5-1-2-6-16(15)13-18/h1-14,20-23H/t20-,21+,22-,23+/m1/s1. The van der Waals surface area contributed by atoms with E-state index >= 15 is 0 Å². The fraction of sp³-hybridized carbons (Fsp3) is 0.154. The molecule has 0 unspecified atom stereocenters. The van der Waals surface area contributed by atoms with Crippen LogP contribution in [-0.4, -0.2) is 45.8 Å². The highest BCUT2D eigenvalue weighted by atomic mass is 16.6. The third kappa shape index (κ3) is 3.08. The average Bonchev–Trinajstić information content (AvgIpc) is 3.35. The zero-order chi connectivity index (χ0) is 24.3. The molecular weight excluding hydrogens is 448 g/mol. The molecule has 4 atom stereocenters. The van der Waals surface area contributed by atoms with E-state index in [1.165, 1.54) is 40.4 Å². The Balaban J connectivity index is 1.43. The molecule has 3 aliphatic heterocycles. The Labute approximate surface area is 199 Å². The predicted octanol–water partition coefficient (Wildman–Crippen LogP) is 3.34. The van der Waals surface area contributed by atoms with E-state index in [1.807, 2.05) is 30.3 Å². The van der Waals surface area contributed by atoms with Gasteiger partial charge in [-0.2, -0.15) is 5.10 Å². The molecule has 2 fully saturated rings. The molecule has 0 N–H and O–H groups in total. The Morgan fingerprint density at radius 1 is 0.914 bits per heavy atom. The summed E-state index contributed by atoms with van der Waals surface area (Å²) in [6, 6.07) is 16.8. The van der Waals surface area contributed by atoms with Gasteiger partial charge in [0.15, 0.2) is 5.78 Å². The van der Waals surface area contributed by atoms with Gasteiger partial charge < -0.3 is 0 Å². The van der Waals surface area contributed by atoms with Crippen LogP contribution >= 0.6 is 0 Å². The zero-order valence-electron chi connectivity index (χ0n) is 18.2. The van der Waals surface area contributed by atoms with Gasteiger partial charge in [-0.05, 0) is 29.0 Å². The Kier molecular flexibility index (Phi) is 4.60. The van der Waals surface area contributed by atoms with Gasteiger partial charge in [-0.1, -0.05) is 48.5 Å². The monoisotopic (exact) mass is 466 g/mol. The molecule has 3 aliphatic rings. The summed E-state index contributed by atoms with van der Waals surface area (Å²) in [5, 5.41) is 18.9. The first-order valence-electron chi connectivity index (χ1n) is 11.1. The van der Waals surface area contributed by atoms with Crippen molar-refractivity contribution in [2.45, 2.75) is 12.1 Å². The minimum atomic E-state index is -1.06. The lowest BCUT2D eigenvalue weighted by molar-refractivity contribution is -0.384. The topological polar surface area (TPSA) is 113 Å². The number of hydrogen-bond acceptors (Lipinski definition) is 7. The van der Waals surface area contributed by atoms with Crippen molar-refractivity contribution in [2.75, 3.05) is 4.90 Å². The summed E-state index contributed by atoms with van der Waals surface area (Å²) in [6.07, 6.45) is 4.96. The highest BCUT2D eigenvalue weighted by Gasteiger charge is 2.64. The van der Waals surface area contributed by atoms with E-state index in [4.69, 9.17) is 0 Å². The number of hydrogen-bond donors (Lipinski definition) is 0. The van der Waals surface area contributed by atoms with Crippen LogP contribution in [0.3, 0.4) is 0 Å². The fourth-order valence-corrected chi connectivity index (χ4v) is 5.35. The molecule has 6 rings (SSSR count). The molecule has 3 heterocycles. The lowest BCUT2D eigenvalue weighted by Gasteiger charge is -2.30. The summed E-state index contributed by atoms with van der Waals surface area (Å²) >= 11 is 0. The lowest BCUT2D eigenvalue weighted by Crippen LogP contribution is -2.46. The SMILES string of the molecule is O=C(c1cccc([N+](=O)[O-])c1)[C@@H]1[C@@H]2C(=O)N(c3ccc4ccccc4c3)C(=O)[C@H]2[C@H]2C=CC=NN21. The highest BCUT2D eigenvalue weighted by molar-refractivity contribution is 6.25. The number of carbonyl (C=O) groups excluding carboxylic acids is 3. The molecule has 9 heteroatoms. The number of non-ortho nitro benzene ring substituents is 1. The molecule has 2 amide bonds. The Morgan fingerprint density at radius 2 is 1.69 bits per heavy atom. The summed E-state index contributed by atoms with van der Waals surface area (Å²) in [5.41, 5.74) is 0.317. The van der Waals surface area contributed by atoms with Crippen molar-refractivity contribution in [3.8, 4) is 0 Å². The largest absolute Gasteiger partial charge is 0.292 e. The predicted molar refractivity (Wildman–Crippen MR) is 128 cm³/mol. The van der Waals surface area contributed by atoms with E-state index < -0.39 is 40.5 Å². The van der Waals surface area contributed by atoms with Gasteiger partial charge >= 0.3 is 0 Å². The third-order valence-electron chi connectivity index (χ3n) is 6.89. The number of Topliss-reactive ketones (excluding diaryl/α,β-unsaturated/α-hetero) is 1. The number of fused-ring (bicyclic) bond motifs is 4. The molecule has 35 heavy (non-hydrogen) atoms. The lowest BCUT2D eigenvalue weighted by atomic mass is 9.86. The summed E-state index contributed by atoms with van der Waals surface area (Å²) in [4.78, 5) is 52.8. The van der Waals surface area contributed by atoms with E-state index in [2.05, 4.69) is 5.10 Å². The van der Waals surface area contributed by atoms with Gasteiger partial charge in [-0.3, -0.25) is 29.5 Å². The van der Waals surface area contributed by atoms with Crippen LogP contribution in [0.15, 0.2) is 84.0 Å². The number of ketones is 1. The highest BCUT2D eigenvalue weighted by Crippen LogP contribution is 2.46. The van der Waals surface area contributed by atoms with Crippen molar-refractivity contribution in [3.05, 3.63) is 94.6 Å². The number of nitro benzene ring substituents is 1. The van der Waals surface area contributed by atoms with Crippen LogP contribution < -0.4 is 4.90 Å².